The van der Waals surface area contributed by atoms with E-state index < -0.39 is 22.3 Å². The summed E-state index contributed by atoms with van der Waals surface area (Å²) in [7, 11) is 1.59. The molecule has 0 radical (unpaired) electrons. The van der Waals surface area contributed by atoms with Crippen LogP contribution in [-0.4, -0.2) is 37.5 Å². The molecule has 27 heavy (non-hydrogen) atoms. The quantitative estimate of drug-likeness (QED) is 0.509. The van der Waals surface area contributed by atoms with Crippen molar-refractivity contribution in [3.8, 4) is 5.69 Å². The first-order valence-corrected chi connectivity index (χ1v) is 8.04. The van der Waals surface area contributed by atoms with Gasteiger partial charge in [-0.15, -0.1) is 0 Å². The fourth-order valence-electron chi connectivity index (χ4n) is 2.64. The van der Waals surface area contributed by atoms with Gasteiger partial charge in [0.2, 0.25) is 5.82 Å². The summed E-state index contributed by atoms with van der Waals surface area (Å²) in [5, 5.41) is 14.9. The van der Waals surface area contributed by atoms with Crippen LogP contribution in [0.4, 0.5) is 10.1 Å². The second kappa shape index (κ2) is 7.32. The number of nitro groups is 1. The van der Waals surface area contributed by atoms with E-state index >= 15 is 0 Å². The number of halogens is 1. The Morgan fingerprint density at radius 1 is 1.26 bits per heavy atom. The van der Waals surface area contributed by atoms with Gasteiger partial charge in [-0.25, -0.2) is 9.67 Å². The fourth-order valence-corrected chi connectivity index (χ4v) is 2.64. The van der Waals surface area contributed by atoms with Gasteiger partial charge in [0.15, 0.2) is 0 Å². The lowest BCUT2D eigenvalue weighted by molar-refractivity contribution is -0.387. The van der Waals surface area contributed by atoms with E-state index in [2.05, 4.69) is 10.1 Å². The summed E-state index contributed by atoms with van der Waals surface area (Å²) in [4.78, 5) is 28.0. The van der Waals surface area contributed by atoms with Gasteiger partial charge in [0, 0.05) is 18.7 Å². The van der Waals surface area contributed by atoms with Gasteiger partial charge in [0.05, 0.1) is 16.7 Å². The zero-order valence-electron chi connectivity index (χ0n) is 14.6. The molecule has 2 aromatic carbocycles. The minimum Gasteiger partial charge on any atom is -0.335 e. The van der Waals surface area contributed by atoms with Crippen molar-refractivity contribution in [1.29, 1.82) is 0 Å². The zero-order valence-corrected chi connectivity index (χ0v) is 14.6. The van der Waals surface area contributed by atoms with Crippen LogP contribution in [0.5, 0.6) is 0 Å². The molecular weight excluding hydrogens is 353 g/mol. The number of hydrogen-bond donors (Lipinski definition) is 0. The molecule has 3 aromatic rings. The number of carbonyl (C=O) groups excluding carboxylic acids is 1. The highest BCUT2D eigenvalue weighted by Gasteiger charge is 2.23. The van der Waals surface area contributed by atoms with Gasteiger partial charge in [0.1, 0.15) is 12.7 Å². The van der Waals surface area contributed by atoms with E-state index in [1.807, 2.05) is 31.2 Å². The predicted molar refractivity (Wildman–Crippen MR) is 94.9 cm³/mol. The first-order chi connectivity index (χ1) is 12.9. The fraction of sp³-hybridized carbons (Fsp3) is 0.167. The van der Waals surface area contributed by atoms with Gasteiger partial charge in [-0.05, 0) is 36.8 Å². The van der Waals surface area contributed by atoms with E-state index in [4.69, 9.17) is 0 Å². The van der Waals surface area contributed by atoms with Gasteiger partial charge in [-0.2, -0.15) is 9.49 Å². The molecular formula is C18H16FN5O3. The molecule has 0 aliphatic carbocycles. The number of nitro benzene ring substituents is 1. The number of benzene rings is 2. The average molecular weight is 369 g/mol. The molecule has 0 unspecified atom stereocenters. The first-order valence-electron chi connectivity index (χ1n) is 8.04. The molecule has 0 fully saturated rings. The van der Waals surface area contributed by atoms with Crippen molar-refractivity contribution >= 4 is 11.6 Å². The Morgan fingerprint density at radius 2 is 1.96 bits per heavy atom. The molecule has 9 heteroatoms. The second-order valence-corrected chi connectivity index (χ2v) is 5.95. The third-order valence-corrected chi connectivity index (χ3v) is 4.35. The molecule has 1 amide bonds. The molecule has 0 aliphatic heterocycles. The Morgan fingerprint density at radius 3 is 2.56 bits per heavy atom. The van der Waals surface area contributed by atoms with E-state index in [1.165, 1.54) is 17.3 Å². The molecule has 1 heterocycles. The predicted octanol–water partition coefficient (Wildman–Crippen LogP) is 3.15. The summed E-state index contributed by atoms with van der Waals surface area (Å²) < 4.78 is 15.1. The van der Waals surface area contributed by atoms with E-state index in [-0.39, 0.29) is 11.6 Å². The summed E-state index contributed by atoms with van der Waals surface area (Å²) in [5.74, 6) is -1.41. The Labute approximate surface area is 154 Å². The van der Waals surface area contributed by atoms with E-state index in [0.717, 1.165) is 23.4 Å². The topological polar surface area (TPSA) is 94.2 Å². The normalized spacial score (nSPS) is 11.8. The van der Waals surface area contributed by atoms with Crippen molar-refractivity contribution in [3.63, 3.8) is 0 Å². The van der Waals surface area contributed by atoms with Gasteiger partial charge >= 0.3 is 5.69 Å². The molecule has 0 spiro atoms. The van der Waals surface area contributed by atoms with Crippen LogP contribution < -0.4 is 0 Å². The monoisotopic (exact) mass is 369 g/mol. The van der Waals surface area contributed by atoms with Gasteiger partial charge in [0.25, 0.3) is 5.91 Å². The van der Waals surface area contributed by atoms with Gasteiger partial charge in [-0.3, -0.25) is 14.9 Å². The molecule has 0 N–H and O–H groups in total. The van der Waals surface area contributed by atoms with Crippen LogP contribution in [0, 0.1) is 15.9 Å². The molecule has 1 aromatic heterocycles. The van der Waals surface area contributed by atoms with E-state index in [1.54, 1.807) is 18.1 Å². The van der Waals surface area contributed by atoms with Crippen molar-refractivity contribution in [3.05, 3.63) is 82.2 Å². The molecule has 138 valence electrons. The SMILES string of the molecule is C[C@@H](c1ccc(-n2cncn2)cc1)N(C)C(=O)c1ccc(F)c([N+](=O)[O-])c1. The van der Waals surface area contributed by atoms with E-state index in [9.17, 15) is 19.3 Å². The Kier molecular flexibility index (Phi) is 4.93. The number of nitrogens with zero attached hydrogens (tertiary/aromatic N) is 5. The minimum atomic E-state index is -0.976. The van der Waals surface area contributed by atoms with Gasteiger partial charge in [-0.1, -0.05) is 12.1 Å². The van der Waals surface area contributed by atoms with Crippen molar-refractivity contribution in [2.24, 2.45) is 0 Å². The Balaban J connectivity index is 1.80. The maximum absolute atomic E-state index is 13.5. The molecule has 0 bridgehead atoms. The minimum absolute atomic E-state index is 0.0525. The highest BCUT2D eigenvalue weighted by atomic mass is 19.1. The number of amides is 1. The molecule has 0 aliphatic rings. The highest BCUT2D eigenvalue weighted by Crippen LogP contribution is 2.24. The zero-order chi connectivity index (χ0) is 19.6. The lowest BCUT2D eigenvalue weighted by Crippen LogP contribution is -2.29. The highest BCUT2D eigenvalue weighted by molar-refractivity contribution is 5.95. The van der Waals surface area contributed by atoms with Crippen LogP contribution >= 0.6 is 0 Å². The summed E-state index contributed by atoms with van der Waals surface area (Å²) >= 11 is 0. The van der Waals surface area contributed by atoms with Crippen LogP contribution in [0.15, 0.2) is 55.1 Å². The summed E-state index contributed by atoms with van der Waals surface area (Å²) in [6.45, 7) is 1.83. The standard InChI is InChI=1S/C18H16FN5O3/c1-12(13-3-6-15(7-4-13)23-11-20-10-21-23)22(2)18(25)14-5-8-16(19)17(9-14)24(26)27/h3-12H,1-2H3/t12-/m0/s1. The van der Waals surface area contributed by atoms with Crippen LogP contribution in [0.3, 0.4) is 0 Å². The van der Waals surface area contributed by atoms with Crippen LogP contribution in [0.2, 0.25) is 0 Å². The smallest absolute Gasteiger partial charge is 0.305 e. The van der Waals surface area contributed by atoms with Crippen molar-refractivity contribution in [2.75, 3.05) is 7.05 Å². The number of carbonyl (C=O) groups is 1. The van der Waals surface area contributed by atoms with Crippen LogP contribution in [0.1, 0.15) is 28.9 Å². The molecule has 0 saturated heterocycles. The van der Waals surface area contributed by atoms with Crippen LogP contribution in [-0.2, 0) is 0 Å². The maximum atomic E-state index is 13.5. The third kappa shape index (κ3) is 3.66. The van der Waals surface area contributed by atoms with Crippen molar-refractivity contribution < 1.29 is 14.1 Å². The van der Waals surface area contributed by atoms with Crippen molar-refractivity contribution in [1.82, 2.24) is 19.7 Å². The number of rotatable bonds is 5. The third-order valence-electron chi connectivity index (χ3n) is 4.35. The summed E-state index contributed by atoms with van der Waals surface area (Å²) in [5.41, 5.74) is 1.02. The summed E-state index contributed by atoms with van der Waals surface area (Å²) in [6, 6.07) is 10.2. The lowest BCUT2D eigenvalue weighted by atomic mass is 10.1. The van der Waals surface area contributed by atoms with E-state index in [0.29, 0.717) is 0 Å². The van der Waals surface area contributed by atoms with Gasteiger partial charge < -0.3 is 4.90 Å². The number of hydrogen-bond acceptors (Lipinski definition) is 5. The molecule has 1 atom stereocenters. The molecule has 3 rings (SSSR count). The van der Waals surface area contributed by atoms with Crippen LogP contribution in [0.25, 0.3) is 5.69 Å². The first kappa shape index (κ1) is 18.2. The molecule has 8 nitrogen and oxygen atoms in total. The Hall–Kier alpha value is -3.62. The average Bonchev–Trinajstić information content (AvgIpc) is 3.21. The summed E-state index contributed by atoms with van der Waals surface area (Å²) in [6.07, 6.45) is 3.01. The largest absolute Gasteiger partial charge is 0.335 e. The second-order valence-electron chi connectivity index (χ2n) is 5.95. The maximum Gasteiger partial charge on any atom is 0.305 e. The lowest BCUT2D eigenvalue weighted by Gasteiger charge is -2.25. The molecule has 0 saturated carbocycles. The number of aromatic nitrogens is 3. The van der Waals surface area contributed by atoms with Crippen molar-refractivity contribution in [2.45, 2.75) is 13.0 Å². The Bertz CT molecular complexity index is 973.